The van der Waals surface area contributed by atoms with E-state index in [1.165, 1.54) is 11.3 Å². The second kappa shape index (κ2) is 7.76. The highest BCUT2D eigenvalue weighted by molar-refractivity contribution is 7.14. The minimum absolute atomic E-state index is 0.0659. The Hall–Kier alpha value is -3.71. The van der Waals surface area contributed by atoms with Gasteiger partial charge in [0.15, 0.2) is 10.6 Å². The average Bonchev–Trinajstić information content (AvgIpc) is 3.34. The molecular weight excluding hydrogens is 424 g/mol. The molecule has 0 bridgehead atoms. The second-order valence-corrected chi connectivity index (χ2v) is 8.53. The Labute approximate surface area is 188 Å². The molecule has 1 amide bonds. The molecule has 2 aromatic carbocycles. The predicted molar refractivity (Wildman–Crippen MR) is 125 cm³/mol. The van der Waals surface area contributed by atoms with Crippen LogP contribution in [0, 0.1) is 13.8 Å². The first-order chi connectivity index (χ1) is 15.5. The van der Waals surface area contributed by atoms with Crippen molar-refractivity contribution in [3.05, 3.63) is 98.9 Å². The van der Waals surface area contributed by atoms with Gasteiger partial charge in [-0.05, 0) is 43.7 Å². The summed E-state index contributed by atoms with van der Waals surface area (Å²) in [5.74, 6) is 0.373. The number of anilines is 1. The third-order valence-electron chi connectivity index (χ3n) is 5.40. The molecule has 0 saturated carbocycles. The van der Waals surface area contributed by atoms with E-state index >= 15 is 0 Å². The molecule has 2 aromatic heterocycles. The van der Waals surface area contributed by atoms with Crippen LogP contribution in [-0.2, 0) is 0 Å². The van der Waals surface area contributed by atoms with Gasteiger partial charge in [0.25, 0.3) is 5.91 Å². The molecule has 1 atom stereocenters. The number of benzene rings is 2. The molecule has 160 valence electrons. The quantitative estimate of drug-likeness (QED) is 0.397. The van der Waals surface area contributed by atoms with Crippen molar-refractivity contribution in [2.24, 2.45) is 0 Å². The van der Waals surface area contributed by atoms with Crippen molar-refractivity contribution >= 4 is 33.3 Å². The number of aromatic nitrogens is 1. The molecule has 0 N–H and O–H groups in total. The van der Waals surface area contributed by atoms with Gasteiger partial charge >= 0.3 is 0 Å². The highest BCUT2D eigenvalue weighted by Crippen LogP contribution is 2.42. The van der Waals surface area contributed by atoms with Crippen molar-refractivity contribution in [1.82, 2.24) is 4.98 Å². The van der Waals surface area contributed by atoms with Crippen LogP contribution in [0.5, 0.6) is 5.75 Å². The van der Waals surface area contributed by atoms with Gasteiger partial charge in [0, 0.05) is 5.38 Å². The topological polar surface area (TPSA) is 72.6 Å². The summed E-state index contributed by atoms with van der Waals surface area (Å²) in [7, 11) is 0. The van der Waals surface area contributed by atoms with Crippen LogP contribution in [-0.4, -0.2) is 17.5 Å². The number of fused-ring (bicyclic) bond motifs is 2. The lowest BCUT2D eigenvalue weighted by Gasteiger charge is -2.22. The summed E-state index contributed by atoms with van der Waals surface area (Å²) in [4.78, 5) is 33.2. The maximum absolute atomic E-state index is 13.6. The van der Waals surface area contributed by atoms with Gasteiger partial charge in [-0.2, -0.15) is 0 Å². The molecule has 0 fully saturated rings. The van der Waals surface area contributed by atoms with E-state index in [2.05, 4.69) is 11.6 Å². The fraction of sp³-hybridized carbons (Fsp3) is 0.160. The standard InChI is InChI=1S/C25H20N2O4S/c1-4-11-30-17-8-6-16(7-9-17)21-20-22(28)18-12-14(2)5-10-19(18)31-23(20)24(29)27(21)25-26-15(3)13-32-25/h4-10,12-13,21H,1,11H2,2-3H3. The molecule has 4 aromatic rings. The first-order valence-corrected chi connectivity index (χ1v) is 11.0. The van der Waals surface area contributed by atoms with Crippen molar-refractivity contribution < 1.29 is 13.9 Å². The van der Waals surface area contributed by atoms with Gasteiger partial charge < -0.3 is 9.15 Å². The zero-order valence-corrected chi connectivity index (χ0v) is 18.4. The molecule has 3 heterocycles. The predicted octanol–water partition coefficient (Wildman–Crippen LogP) is 5.18. The van der Waals surface area contributed by atoms with Gasteiger partial charge in [0.2, 0.25) is 5.76 Å². The zero-order chi connectivity index (χ0) is 22.4. The minimum Gasteiger partial charge on any atom is -0.490 e. The fourth-order valence-electron chi connectivity index (χ4n) is 3.95. The molecular formula is C25H20N2O4S. The first kappa shape index (κ1) is 20.2. The molecule has 1 aliphatic heterocycles. The zero-order valence-electron chi connectivity index (χ0n) is 17.6. The fourth-order valence-corrected chi connectivity index (χ4v) is 4.78. The third kappa shape index (κ3) is 3.22. The number of carbonyl (C=O) groups excluding carboxylic acids is 1. The molecule has 1 unspecified atom stereocenters. The Balaban J connectivity index is 1.72. The first-order valence-electron chi connectivity index (χ1n) is 10.1. The molecule has 7 heteroatoms. The monoisotopic (exact) mass is 444 g/mol. The number of rotatable bonds is 5. The van der Waals surface area contributed by atoms with Crippen molar-refractivity contribution in [3.63, 3.8) is 0 Å². The smallest absolute Gasteiger partial charge is 0.297 e. The summed E-state index contributed by atoms with van der Waals surface area (Å²) < 4.78 is 11.6. The van der Waals surface area contributed by atoms with Crippen LogP contribution in [0.4, 0.5) is 5.13 Å². The molecule has 0 spiro atoms. The molecule has 5 rings (SSSR count). The number of ether oxygens (including phenoxy) is 1. The Kier molecular flexibility index (Phi) is 4.90. The lowest BCUT2D eigenvalue weighted by molar-refractivity contribution is 0.0971. The summed E-state index contributed by atoms with van der Waals surface area (Å²) in [6, 6.07) is 12.1. The van der Waals surface area contributed by atoms with Gasteiger partial charge in [-0.1, -0.05) is 36.4 Å². The van der Waals surface area contributed by atoms with Gasteiger partial charge in [0.1, 0.15) is 17.9 Å². The summed E-state index contributed by atoms with van der Waals surface area (Å²) in [6.45, 7) is 7.84. The third-order valence-corrected chi connectivity index (χ3v) is 6.36. The molecule has 6 nitrogen and oxygen atoms in total. The van der Waals surface area contributed by atoms with E-state index in [0.29, 0.717) is 34.0 Å². The number of nitrogens with zero attached hydrogens (tertiary/aromatic N) is 2. The van der Waals surface area contributed by atoms with Gasteiger partial charge in [-0.15, -0.1) is 11.3 Å². The Morgan fingerprint density at radius 1 is 1.19 bits per heavy atom. The molecule has 0 saturated heterocycles. The van der Waals surface area contributed by atoms with E-state index in [4.69, 9.17) is 9.15 Å². The Bertz CT molecular complexity index is 1420. The minimum atomic E-state index is -0.641. The molecule has 0 radical (unpaired) electrons. The Morgan fingerprint density at radius 3 is 2.66 bits per heavy atom. The van der Waals surface area contributed by atoms with Crippen LogP contribution in [0.2, 0.25) is 0 Å². The maximum Gasteiger partial charge on any atom is 0.297 e. The second-order valence-electron chi connectivity index (χ2n) is 7.69. The van der Waals surface area contributed by atoms with E-state index in [1.54, 1.807) is 23.1 Å². The normalized spacial score (nSPS) is 15.2. The molecule has 32 heavy (non-hydrogen) atoms. The van der Waals surface area contributed by atoms with E-state index in [1.807, 2.05) is 49.6 Å². The highest BCUT2D eigenvalue weighted by Gasteiger charge is 2.44. The van der Waals surface area contributed by atoms with Gasteiger partial charge in [0.05, 0.1) is 22.7 Å². The largest absolute Gasteiger partial charge is 0.490 e. The molecule has 1 aliphatic rings. The number of aryl methyl sites for hydroxylation is 2. The van der Waals surface area contributed by atoms with E-state index < -0.39 is 6.04 Å². The van der Waals surface area contributed by atoms with Crippen LogP contribution in [0.1, 0.15) is 39.0 Å². The van der Waals surface area contributed by atoms with Gasteiger partial charge in [-0.25, -0.2) is 4.98 Å². The van der Waals surface area contributed by atoms with Crippen molar-refractivity contribution in [3.8, 4) is 5.75 Å². The number of hydrogen-bond acceptors (Lipinski definition) is 6. The van der Waals surface area contributed by atoms with Crippen LogP contribution in [0.25, 0.3) is 11.0 Å². The van der Waals surface area contributed by atoms with Crippen LogP contribution in [0.3, 0.4) is 0 Å². The number of carbonyl (C=O) groups is 1. The van der Waals surface area contributed by atoms with Crippen LogP contribution < -0.4 is 15.1 Å². The van der Waals surface area contributed by atoms with E-state index in [0.717, 1.165) is 16.8 Å². The average molecular weight is 445 g/mol. The van der Waals surface area contributed by atoms with Crippen LogP contribution >= 0.6 is 11.3 Å². The van der Waals surface area contributed by atoms with E-state index in [-0.39, 0.29) is 17.1 Å². The van der Waals surface area contributed by atoms with Crippen molar-refractivity contribution in [2.45, 2.75) is 19.9 Å². The van der Waals surface area contributed by atoms with E-state index in [9.17, 15) is 9.59 Å². The van der Waals surface area contributed by atoms with Crippen molar-refractivity contribution in [1.29, 1.82) is 0 Å². The summed E-state index contributed by atoms with van der Waals surface area (Å²) in [5, 5.41) is 2.87. The lowest BCUT2D eigenvalue weighted by atomic mass is 9.98. The number of amides is 1. The SMILES string of the molecule is C=CCOc1ccc(C2c3c(oc4ccc(C)cc4c3=O)C(=O)N2c2nc(C)cs2)cc1. The Morgan fingerprint density at radius 2 is 1.97 bits per heavy atom. The highest BCUT2D eigenvalue weighted by atomic mass is 32.1. The van der Waals surface area contributed by atoms with Gasteiger partial charge in [-0.3, -0.25) is 14.5 Å². The summed E-state index contributed by atoms with van der Waals surface area (Å²) in [5.41, 5.74) is 3.06. The summed E-state index contributed by atoms with van der Waals surface area (Å²) in [6.07, 6.45) is 1.67. The number of thiazole rings is 1. The van der Waals surface area contributed by atoms with Crippen molar-refractivity contribution in [2.75, 3.05) is 11.5 Å². The summed E-state index contributed by atoms with van der Waals surface area (Å²) >= 11 is 1.36. The maximum atomic E-state index is 13.6. The van der Waals surface area contributed by atoms with Crippen LogP contribution in [0.15, 0.2) is 69.7 Å². The number of hydrogen-bond donors (Lipinski definition) is 0. The molecule has 0 aliphatic carbocycles. The lowest BCUT2D eigenvalue weighted by Crippen LogP contribution is -2.29.